The highest BCUT2D eigenvalue weighted by molar-refractivity contribution is 9.10. The van der Waals surface area contributed by atoms with Crippen molar-refractivity contribution in [3.63, 3.8) is 0 Å². The summed E-state index contributed by atoms with van der Waals surface area (Å²) in [7, 11) is 0. The summed E-state index contributed by atoms with van der Waals surface area (Å²) in [6, 6.07) is 5.71. The van der Waals surface area contributed by atoms with E-state index in [0.717, 1.165) is 23.0 Å². The molecule has 1 unspecified atom stereocenters. The van der Waals surface area contributed by atoms with Gasteiger partial charge in [0.15, 0.2) is 0 Å². The zero-order valence-corrected chi connectivity index (χ0v) is 11.8. The number of halogens is 2. The van der Waals surface area contributed by atoms with E-state index in [-0.39, 0.29) is 11.2 Å². The molecule has 0 spiro atoms. The zero-order valence-electron chi connectivity index (χ0n) is 10.2. The van der Waals surface area contributed by atoms with Gasteiger partial charge in [-0.3, -0.25) is 0 Å². The Morgan fingerprint density at radius 3 is 2.89 bits per heavy atom. The molecule has 18 heavy (non-hydrogen) atoms. The Balaban J connectivity index is 1.87. The van der Waals surface area contributed by atoms with Gasteiger partial charge in [-0.15, -0.1) is 0 Å². The summed E-state index contributed by atoms with van der Waals surface area (Å²) in [5, 5.41) is 3.49. The van der Waals surface area contributed by atoms with Crippen LogP contribution in [0.25, 0.3) is 0 Å². The minimum Gasteiger partial charge on any atom is -0.379 e. The second kappa shape index (κ2) is 4.91. The Labute approximate surface area is 115 Å². The summed E-state index contributed by atoms with van der Waals surface area (Å²) in [6.45, 7) is 2.36. The van der Waals surface area contributed by atoms with Gasteiger partial charge in [-0.05, 0) is 49.6 Å². The molecule has 2 aliphatic heterocycles. The molecule has 1 aromatic rings. The third-order valence-electron chi connectivity index (χ3n) is 4.06. The van der Waals surface area contributed by atoms with Crippen molar-refractivity contribution < 1.29 is 9.13 Å². The van der Waals surface area contributed by atoms with Crippen molar-refractivity contribution in [1.29, 1.82) is 0 Å². The molecule has 0 radical (unpaired) electrons. The summed E-state index contributed by atoms with van der Waals surface area (Å²) >= 11 is 3.43. The van der Waals surface area contributed by atoms with Crippen LogP contribution in [0.15, 0.2) is 22.7 Å². The first kappa shape index (κ1) is 12.6. The third-order valence-corrected chi connectivity index (χ3v) is 4.55. The lowest BCUT2D eigenvalue weighted by Crippen LogP contribution is -2.50. The lowest BCUT2D eigenvalue weighted by Gasteiger charge is -2.43. The molecule has 2 saturated heterocycles. The molecule has 0 aromatic heterocycles. The minimum atomic E-state index is -0.129. The minimum absolute atomic E-state index is 0.112. The summed E-state index contributed by atoms with van der Waals surface area (Å²) < 4.78 is 20.4. The fourth-order valence-corrected chi connectivity index (χ4v) is 3.40. The van der Waals surface area contributed by atoms with E-state index in [2.05, 4.69) is 21.2 Å². The van der Waals surface area contributed by atoms with Gasteiger partial charge in [-0.25, -0.2) is 4.39 Å². The molecule has 98 valence electrons. The zero-order chi connectivity index (χ0) is 12.6. The normalized spacial score (nSPS) is 26.0. The Hall–Kier alpha value is -0.450. The Kier molecular flexibility index (Phi) is 3.43. The molecule has 1 aromatic carbocycles. The predicted octanol–water partition coefficient (Wildman–Crippen LogP) is 3.00. The van der Waals surface area contributed by atoms with Crippen molar-refractivity contribution in [3.8, 4) is 0 Å². The first-order valence-electron chi connectivity index (χ1n) is 6.46. The van der Waals surface area contributed by atoms with Gasteiger partial charge < -0.3 is 10.1 Å². The van der Waals surface area contributed by atoms with Crippen molar-refractivity contribution in [2.75, 3.05) is 19.8 Å². The molecular weight excluding hydrogens is 297 g/mol. The second-order valence-corrected chi connectivity index (χ2v) is 6.31. The van der Waals surface area contributed by atoms with Gasteiger partial charge in [-0.1, -0.05) is 15.9 Å². The molecule has 3 rings (SSSR count). The average molecular weight is 314 g/mol. The molecule has 0 saturated carbocycles. The highest BCUT2D eigenvalue weighted by Gasteiger charge is 2.44. The molecule has 2 fully saturated rings. The summed E-state index contributed by atoms with van der Waals surface area (Å²) in [4.78, 5) is 0. The highest BCUT2D eigenvalue weighted by Crippen LogP contribution is 2.40. The van der Waals surface area contributed by atoms with Crippen molar-refractivity contribution in [1.82, 2.24) is 5.32 Å². The van der Waals surface area contributed by atoms with Crippen LogP contribution in [0, 0.1) is 5.82 Å². The van der Waals surface area contributed by atoms with E-state index < -0.39 is 0 Å². The molecule has 0 aliphatic carbocycles. The standard InChI is InChI=1S/C14H17BrFNO/c15-10-3-4-13(16)12(6-10)14(8-18-9-14)7-11-2-1-5-17-11/h3-4,6,11,17H,1-2,5,7-9H2. The third kappa shape index (κ3) is 2.22. The molecule has 4 heteroatoms. The fourth-order valence-electron chi connectivity index (χ4n) is 3.04. The van der Waals surface area contributed by atoms with E-state index in [1.54, 1.807) is 12.1 Å². The number of rotatable bonds is 3. The molecule has 0 bridgehead atoms. The average Bonchev–Trinajstić information content (AvgIpc) is 2.80. The maximum absolute atomic E-state index is 14.1. The Morgan fingerprint density at radius 2 is 2.28 bits per heavy atom. The maximum atomic E-state index is 14.1. The predicted molar refractivity (Wildman–Crippen MR) is 72.2 cm³/mol. The lowest BCUT2D eigenvalue weighted by molar-refractivity contribution is -0.0695. The molecule has 2 nitrogen and oxygen atoms in total. The second-order valence-electron chi connectivity index (χ2n) is 5.39. The number of hydrogen-bond donors (Lipinski definition) is 1. The van der Waals surface area contributed by atoms with Crippen molar-refractivity contribution in [2.45, 2.75) is 30.7 Å². The van der Waals surface area contributed by atoms with Gasteiger partial charge >= 0.3 is 0 Å². The number of benzene rings is 1. The highest BCUT2D eigenvalue weighted by atomic mass is 79.9. The molecule has 1 atom stereocenters. The Bertz CT molecular complexity index is 441. The van der Waals surface area contributed by atoms with E-state index in [0.29, 0.717) is 19.3 Å². The fraction of sp³-hybridized carbons (Fsp3) is 0.571. The summed E-state index contributed by atoms with van der Waals surface area (Å²) in [5.41, 5.74) is 0.674. The molecular formula is C14H17BrFNO. The summed E-state index contributed by atoms with van der Waals surface area (Å²) in [5.74, 6) is -0.112. The van der Waals surface area contributed by atoms with Gasteiger partial charge in [0.25, 0.3) is 0 Å². The number of hydrogen-bond acceptors (Lipinski definition) is 2. The van der Waals surface area contributed by atoms with E-state index in [1.807, 2.05) is 6.07 Å². The van der Waals surface area contributed by atoms with Crippen LogP contribution in [0.3, 0.4) is 0 Å². The van der Waals surface area contributed by atoms with E-state index >= 15 is 0 Å². The lowest BCUT2D eigenvalue weighted by atomic mass is 9.73. The van der Waals surface area contributed by atoms with Gasteiger partial charge in [0, 0.05) is 15.9 Å². The molecule has 1 N–H and O–H groups in total. The molecule has 2 heterocycles. The summed E-state index contributed by atoms with van der Waals surface area (Å²) in [6.07, 6.45) is 3.39. The van der Waals surface area contributed by atoms with Crippen molar-refractivity contribution in [2.24, 2.45) is 0 Å². The number of nitrogens with one attached hydrogen (secondary N) is 1. The van der Waals surface area contributed by atoms with E-state index in [9.17, 15) is 4.39 Å². The largest absolute Gasteiger partial charge is 0.379 e. The first-order valence-corrected chi connectivity index (χ1v) is 7.26. The van der Waals surface area contributed by atoms with Crippen LogP contribution >= 0.6 is 15.9 Å². The van der Waals surface area contributed by atoms with Gasteiger partial charge in [0.1, 0.15) is 5.82 Å². The van der Waals surface area contributed by atoms with Gasteiger partial charge in [0.2, 0.25) is 0 Å². The van der Waals surface area contributed by atoms with E-state index in [1.165, 1.54) is 12.8 Å². The van der Waals surface area contributed by atoms with Crippen LogP contribution in [-0.2, 0) is 10.2 Å². The van der Waals surface area contributed by atoms with Crippen LogP contribution in [0.2, 0.25) is 0 Å². The molecule has 2 aliphatic rings. The van der Waals surface area contributed by atoms with Gasteiger partial charge in [-0.2, -0.15) is 0 Å². The number of ether oxygens (including phenoxy) is 1. The van der Waals surface area contributed by atoms with Crippen molar-refractivity contribution in [3.05, 3.63) is 34.1 Å². The Morgan fingerprint density at radius 1 is 1.44 bits per heavy atom. The molecule has 0 amide bonds. The smallest absolute Gasteiger partial charge is 0.127 e. The SMILES string of the molecule is Fc1ccc(Br)cc1C1(CC2CCCN2)COC1. The van der Waals surface area contributed by atoms with Crippen LogP contribution < -0.4 is 5.32 Å². The van der Waals surface area contributed by atoms with Crippen LogP contribution in [0.4, 0.5) is 4.39 Å². The van der Waals surface area contributed by atoms with Crippen molar-refractivity contribution >= 4 is 15.9 Å². The monoisotopic (exact) mass is 313 g/mol. The van der Waals surface area contributed by atoms with Crippen LogP contribution in [-0.4, -0.2) is 25.8 Å². The quantitative estimate of drug-likeness (QED) is 0.926. The maximum Gasteiger partial charge on any atom is 0.127 e. The first-order chi connectivity index (χ1) is 8.70. The van der Waals surface area contributed by atoms with Crippen LogP contribution in [0.1, 0.15) is 24.8 Å². The van der Waals surface area contributed by atoms with E-state index in [4.69, 9.17) is 4.74 Å². The van der Waals surface area contributed by atoms with Crippen LogP contribution in [0.5, 0.6) is 0 Å². The topological polar surface area (TPSA) is 21.3 Å². The van der Waals surface area contributed by atoms with Gasteiger partial charge in [0.05, 0.1) is 13.2 Å².